The molecule has 18 heavy (non-hydrogen) atoms. The second-order valence-electron chi connectivity index (χ2n) is 3.61. The molecule has 1 aromatic rings. The first kappa shape index (κ1) is 14.6. The third kappa shape index (κ3) is 3.05. The molecule has 100 valence electrons. The number of aliphatic hydroxyl groups is 1. The minimum absolute atomic E-state index is 0.195. The maximum Gasteiger partial charge on any atom is 0.161 e. The first-order valence-corrected chi connectivity index (χ1v) is 6.98. The smallest absolute Gasteiger partial charge is 0.161 e. The van der Waals surface area contributed by atoms with Crippen LogP contribution in [0.15, 0.2) is 29.4 Å². The molecule has 0 radical (unpaired) electrons. The Labute approximate surface area is 104 Å². The molecule has 0 saturated carbocycles. The van der Waals surface area contributed by atoms with Gasteiger partial charge in [-0.1, -0.05) is 24.2 Å². The average Bonchev–Trinajstić information content (AvgIpc) is 2.36. The van der Waals surface area contributed by atoms with Gasteiger partial charge in [-0.2, -0.15) is 0 Å². The molecule has 0 amide bonds. The van der Waals surface area contributed by atoms with Crippen LogP contribution in [0.4, 0.5) is 4.39 Å². The SMILES string of the molecule is CCS(=O)(=O)C(CO)/C(=N/O)c1ccc(F)cc1. The third-order valence-electron chi connectivity index (χ3n) is 2.55. The molecule has 1 aromatic carbocycles. The summed E-state index contributed by atoms with van der Waals surface area (Å²) in [7, 11) is -3.61. The van der Waals surface area contributed by atoms with E-state index in [0.29, 0.717) is 0 Å². The van der Waals surface area contributed by atoms with Gasteiger partial charge in [-0.3, -0.25) is 0 Å². The molecule has 7 heteroatoms. The highest BCUT2D eigenvalue weighted by atomic mass is 32.2. The highest BCUT2D eigenvalue weighted by molar-refractivity contribution is 7.92. The van der Waals surface area contributed by atoms with E-state index in [2.05, 4.69) is 5.16 Å². The van der Waals surface area contributed by atoms with E-state index < -0.39 is 27.5 Å². The van der Waals surface area contributed by atoms with Crippen LogP contribution >= 0.6 is 0 Å². The number of hydrogen-bond acceptors (Lipinski definition) is 5. The Hall–Kier alpha value is -1.47. The number of sulfone groups is 1. The first-order chi connectivity index (χ1) is 8.46. The van der Waals surface area contributed by atoms with Crippen molar-refractivity contribution in [1.29, 1.82) is 0 Å². The summed E-state index contributed by atoms with van der Waals surface area (Å²) in [6.45, 7) is 0.727. The predicted molar refractivity (Wildman–Crippen MR) is 65.1 cm³/mol. The van der Waals surface area contributed by atoms with E-state index in [-0.39, 0.29) is 17.0 Å². The number of halogens is 1. The molecule has 0 aliphatic rings. The topological polar surface area (TPSA) is 87.0 Å². The standard InChI is InChI=1S/C11H14FNO4S/c1-2-18(16,17)10(7-14)11(13-15)8-3-5-9(12)6-4-8/h3-6,10,14-15H,2,7H2,1H3/b13-11+. The van der Waals surface area contributed by atoms with Crippen molar-refractivity contribution in [2.45, 2.75) is 12.2 Å². The van der Waals surface area contributed by atoms with Gasteiger partial charge in [-0.05, 0) is 12.1 Å². The van der Waals surface area contributed by atoms with Crippen molar-refractivity contribution in [1.82, 2.24) is 0 Å². The van der Waals surface area contributed by atoms with Crippen LogP contribution in [-0.2, 0) is 9.84 Å². The van der Waals surface area contributed by atoms with Crippen molar-refractivity contribution in [3.63, 3.8) is 0 Å². The molecule has 0 fully saturated rings. The summed E-state index contributed by atoms with van der Waals surface area (Å²) in [5.41, 5.74) is 0.0503. The average molecular weight is 275 g/mol. The highest BCUT2D eigenvalue weighted by Gasteiger charge is 2.30. The summed E-state index contributed by atoms with van der Waals surface area (Å²) in [5, 5.41) is 19.7. The van der Waals surface area contributed by atoms with Crippen molar-refractivity contribution in [2.24, 2.45) is 5.16 Å². The highest BCUT2D eigenvalue weighted by Crippen LogP contribution is 2.13. The van der Waals surface area contributed by atoms with Gasteiger partial charge in [-0.25, -0.2) is 12.8 Å². The Morgan fingerprint density at radius 1 is 1.39 bits per heavy atom. The fourth-order valence-electron chi connectivity index (χ4n) is 1.50. The van der Waals surface area contributed by atoms with Gasteiger partial charge >= 0.3 is 0 Å². The van der Waals surface area contributed by atoms with Crippen molar-refractivity contribution in [2.75, 3.05) is 12.4 Å². The van der Waals surface area contributed by atoms with E-state index >= 15 is 0 Å². The number of hydrogen-bond donors (Lipinski definition) is 2. The quantitative estimate of drug-likeness (QED) is 0.473. The van der Waals surface area contributed by atoms with Gasteiger partial charge < -0.3 is 10.3 Å². The maximum absolute atomic E-state index is 12.8. The number of aliphatic hydroxyl groups excluding tert-OH is 1. The Morgan fingerprint density at radius 2 is 1.94 bits per heavy atom. The van der Waals surface area contributed by atoms with Gasteiger partial charge in [-0.15, -0.1) is 0 Å². The molecule has 0 saturated heterocycles. The fraction of sp³-hybridized carbons (Fsp3) is 0.364. The van der Waals surface area contributed by atoms with Crippen LogP contribution in [0.2, 0.25) is 0 Å². The lowest BCUT2D eigenvalue weighted by Gasteiger charge is -2.15. The van der Waals surface area contributed by atoms with Gasteiger partial charge in [0.1, 0.15) is 16.8 Å². The minimum atomic E-state index is -3.61. The van der Waals surface area contributed by atoms with Gasteiger partial charge in [0.15, 0.2) is 9.84 Å². The number of benzene rings is 1. The summed E-state index contributed by atoms with van der Waals surface area (Å²) >= 11 is 0. The molecule has 1 unspecified atom stereocenters. The van der Waals surface area contributed by atoms with Crippen LogP contribution in [0.25, 0.3) is 0 Å². The molecule has 1 atom stereocenters. The monoisotopic (exact) mass is 275 g/mol. The molecular formula is C11H14FNO4S. The molecule has 5 nitrogen and oxygen atoms in total. The Kier molecular flexibility index (Phi) is 4.80. The summed E-state index contributed by atoms with van der Waals surface area (Å²) in [4.78, 5) is 0. The number of nitrogens with zero attached hydrogens (tertiary/aromatic N) is 1. The van der Waals surface area contributed by atoms with Crippen LogP contribution in [0, 0.1) is 5.82 Å². The Morgan fingerprint density at radius 3 is 2.33 bits per heavy atom. The third-order valence-corrected chi connectivity index (χ3v) is 4.60. The normalized spacial score (nSPS) is 14.5. The molecule has 1 rings (SSSR count). The zero-order chi connectivity index (χ0) is 13.8. The molecule has 2 N–H and O–H groups in total. The van der Waals surface area contributed by atoms with E-state index in [4.69, 9.17) is 10.3 Å². The van der Waals surface area contributed by atoms with Gasteiger partial charge in [0.05, 0.1) is 6.61 Å². The lowest BCUT2D eigenvalue weighted by molar-refractivity contribution is 0.296. The van der Waals surface area contributed by atoms with Gasteiger partial charge in [0, 0.05) is 11.3 Å². The summed E-state index contributed by atoms with van der Waals surface area (Å²) in [6.07, 6.45) is 0. The lowest BCUT2D eigenvalue weighted by Crippen LogP contribution is -2.35. The number of rotatable bonds is 5. The van der Waals surface area contributed by atoms with Gasteiger partial charge in [0.2, 0.25) is 0 Å². The van der Waals surface area contributed by atoms with Gasteiger partial charge in [0.25, 0.3) is 0 Å². The number of oxime groups is 1. The summed E-state index contributed by atoms with van der Waals surface area (Å²) in [6, 6.07) is 4.82. The molecule has 0 aromatic heterocycles. The summed E-state index contributed by atoms with van der Waals surface area (Å²) < 4.78 is 36.3. The van der Waals surface area contributed by atoms with Crippen LogP contribution in [0.5, 0.6) is 0 Å². The second kappa shape index (κ2) is 5.92. The predicted octanol–water partition coefficient (Wildman–Crippen LogP) is 0.800. The van der Waals surface area contributed by atoms with E-state index in [1.54, 1.807) is 0 Å². The molecule has 0 bridgehead atoms. The van der Waals surface area contributed by atoms with E-state index in [1.807, 2.05) is 0 Å². The van der Waals surface area contributed by atoms with Crippen molar-refractivity contribution in [3.05, 3.63) is 35.6 Å². The fourth-order valence-corrected chi connectivity index (χ4v) is 2.65. The van der Waals surface area contributed by atoms with Crippen LogP contribution in [-0.4, -0.2) is 42.1 Å². The zero-order valence-electron chi connectivity index (χ0n) is 9.75. The molecule has 0 spiro atoms. The molecule has 0 heterocycles. The van der Waals surface area contributed by atoms with Crippen LogP contribution in [0.1, 0.15) is 12.5 Å². The molecular weight excluding hydrogens is 261 g/mol. The first-order valence-electron chi connectivity index (χ1n) is 5.26. The molecule has 0 aliphatic heterocycles. The van der Waals surface area contributed by atoms with Crippen molar-refractivity contribution < 1.29 is 23.1 Å². The van der Waals surface area contributed by atoms with Crippen molar-refractivity contribution >= 4 is 15.5 Å². The Balaban J connectivity index is 3.21. The molecule has 0 aliphatic carbocycles. The zero-order valence-corrected chi connectivity index (χ0v) is 10.6. The second-order valence-corrected chi connectivity index (χ2v) is 6.09. The van der Waals surface area contributed by atoms with E-state index in [9.17, 15) is 12.8 Å². The maximum atomic E-state index is 12.8. The van der Waals surface area contributed by atoms with Crippen LogP contribution < -0.4 is 0 Å². The minimum Gasteiger partial charge on any atom is -0.411 e. The largest absolute Gasteiger partial charge is 0.411 e. The van der Waals surface area contributed by atoms with E-state index in [0.717, 1.165) is 12.1 Å². The summed E-state index contributed by atoms with van der Waals surface area (Å²) in [5.74, 6) is -0.687. The van der Waals surface area contributed by atoms with Crippen LogP contribution in [0.3, 0.4) is 0 Å². The van der Waals surface area contributed by atoms with E-state index in [1.165, 1.54) is 19.1 Å². The Bertz CT molecular complexity index is 524. The van der Waals surface area contributed by atoms with Crippen molar-refractivity contribution in [3.8, 4) is 0 Å². The lowest BCUT2D eigenvalue weighted by atomic mass is 10.1.